The second-order valence-electron chi connectivity index (χ2n) is 6.76. The summed E-state index contributed by atoms with van der Waals surface area (Å²) >= 11 is 0. The summed E-state index contributed by atoms with van der Waals surface area (Å²) in [5, 5.41) is 6.32. The van der Waals surface area contributed by atoms with Crippen molar-refractivity contribution in [2.45, 2.75) is 32.2 Å². The van der Waals surface area contributed by atoms with E-state index in [1.165, 1.54) is 6.07 Å². The van der Waals surface area contributed by atoms with Crippen LogP contribution in [0.5, 0.6) is 11.5 Å². The Kier molecular flexibility index (Phi) is 7.09. The van der Waals surface area contributed by atoms with Crippen molar-refractivity contribution in [2.75, 3.05) is 13.2 Å². The van der Waals surface area contributed by atoms with Crippen LogP contribution in [0.3, 0.4) is 0 Å². The fourth-order valence-corrected chi connectivity index (χ4v) is 4.30. The van der Waals surface area contributed by atoms with Gasteiger partial charge in [0, 0.05) is 18.2 Å². The van der Waals surface area contributed by atoms with Crippen molar-refractivity contribution in [3.8, 4) is 22.8 Å². The highest BCUT2D eigenvalue weighted by atomic mass is 32.2. The SMILES string of the molecule is CCOc1ccc(CNS(=O)(=O)c2cc(-c3ccc(=O)[nH]n3)ccc2C)cc1OCC. The van der Waals surface area contributed by atoms with Gasteiger partial charge >= 0.3 is 0 Å². The lowest BCUT2D eigenvalue weighted by atomic mass is 10.1. The van der Waals surface area contributed by atoms with Gasteiger partial charge in [0.15, 0.2) is 11.5 Å². The second-order valence-corrected chi connectivity index (χ2v) is 8.49. The fraction of sp³-hybridized carbons (Fsp3) is 0.273. The lowest BCUT2D eigenvalue weighted by Crippen LogP contribution is -2.24. The van der Waals surface area contributed by atoms with E-state index in [9.17, 15) is 13.2 Å². The van der Waals surface area contributed by atoms with Gasteiger partial charge in [-0.2, -0.15) is 5.10 Å². The average molecular weight is 444 g/mol. The quantitative estimate of drug-likeness (QED) is 0.526. The molecule has 0 unspecified atom stereocenters. The van der Waals surface area contributed by atoms with E-state index in [1.54, 1.807) is 49.4 Å². The molecule has 3 aromatic rings. The molecule has 31 heavy (non-hydrogen) atoms. The van der Waals surface area contributed by atoms with Crippen LogP contribution in [0.2, 0.25) is 0 Å². The van der Waals surface area contributed by atoms with E-state index in [2.05, 4.69) is 14.9 Å². The minimum absolute atomic E-state index is 0.0926. The summed E-state index contributed by atoms with van der Waals surface area (Å²) in [6.45, 7) is 6.55. The van der Waals surface area contributed by atoms with Gasteiger partial charge in [-0.05, 0) is 56.2 Å². The predicted octanol–water partition coefficient (Wildman–Crippen LogP) is 3.02. The molecular weight excluding hydrogens is 418 g/mol. The fourth-order valence-electron chi connectivity index (χ4n) is 3.02. The van der Waals surface area contributed by atoms with Gasteiger partial charge in [0.2, 0.25) is 10.0 Å². The number of rotatable bonds is 9. The lowest BCUT2D eigenvalue weighted by molar-refractivity contribution is 0.287. The standard InChI is InChI=1S/C22H25N3O5S/c1-4-29-19-10-7-16(12-20(19)30-5-2)14-23-31(27,28)21-13-17(8-6-15(21)3)18-9-11-22(26)25-24-18/h6-13,23H,4-5,14H2,1-3H3,(H,25,26). The maximum atomic E-state index is 13.0. The van der Waals surface area contributed by atoms with Crippen molar-refractivity contribution in [2.24, 2.45) is 0 Å². The Hall–Kier alpha value is -3.17. The third-order valence-electron chi connectivity index (χ3n) is 4.53. The smallest absolute Gasteiger partial charge is 0.264 e. The molecule has 2 aromatic carbocycles. The number of nitrogens with one attached hydrogen (secondary N) is 2. The molecule has 0 aliphatic carbocycles. The predicted molar refractivity (Wildman–Crippen MR) is 118 cm³/mol. The minimum atomic E-state index is -3.80. The summed E-state index contributed by atoms with van der Waals surface area (Å²) < 4.78 is 39.8. The molecule has 0 aliphatic heterocycles. The second kappa shape index (κ2) is 9.76. The number of hydrogen-bond acceptors (Lipinski definition) is 6. The normalized spacial score (nSPS) is 11.3. The zero-order chi connectivity index (χ0) is 22.4. The summed E-state index contributed by atoms with van der Waals surface area (Å²) in [6, 6.07) is 13.2. The molecule has 0 saturated heterocycles. The van der Waals surface area contributed by atoms with Gasteiger partial charge in [0.05, 0.1) is 23.8 Å². The first-order chi connectivity index (χ1) is 14.8. The third-order valence-corrected chi connectivity index (χ3v) is 6.07. The molecule has 0 fully saturated rings. The molecule has 0 bridgehead atoms. The van der Waals surface area contributed by atoms with Crippen molar-refractivity contribution < 1.29 is 17.9 Å². The van der Waals surface area contributed by atoms with E-state index in [-0.39, 0.29) is 17.0 Å². The number of hydrogen-bond donors (Lipinski definition) is 2. The number of aryl methyl sites for hydroxylation is 1. The van der Waals surface area contributed by atoms with Crippen LogP contribution < -0.4 is 19.8 Å². The molecule has 0 atom stereocenters. The molecule has 3 rings (SSSR count). The highest BCUT2D eigenvalue weighted by Crippen LogP contribution is 2.29. The molecule has 1 aromatic heterocycles. The molecule has 1 heterocycles. The average Bonchev–Trinajstić information content (AvgIpc) is 2.75. The first-order valence-electron chi connectivity index (χ1n) is 9.89. The maximum Gasteiger partial charge on any atom is 0.264 e. The summed E-state index contributed by atoms with van der Waals surface area (Å²) in [7, 11) is -3.80. The van der Waals surface area contributed by atoms with Gasteiger partial charge < -0.3 is 9.47 Å². The van der Waals surface area contributed by atoms with Crippen molar-refractivity contribution in [3.63, 3.8) is 0 Å². The zero-order valence-corrected chi connectivity index (χ0v) is 18.5. The third kappa shape index (κ3) is 5.50. The lowest BCUT2D eigenvalue weighted by Gasteiger charge is -2.14. The number of aromatic amines is 1. The van der Waals surface area contributed by atoms with Gasteiger partial charge in [-0.25, -0.2) is 18.2 Å². The van der Waals surface area contributed by atoms with Crippen molar-refractivity contribution >= 4 is 10.0 Å². The van der Waals surface area contributed by atoms with Crippen LogP contribution in [0.15, 0.2) is 58.2 Å². The maximum absolute atomic E-state index is 13.0. The van der Waals surface area contributed by atoms with Gasteiger partial charge in [-0.3, -0.25) is 4.79 Å². The number of sulfonamides is 1. The number of H-pyrrole nitrogens is 1. The van der Waals surface area contributed by atoms with Crippen LogP contribution in [0.1, 0.15) is 25.0 Å². The summed E-state index contributed by atoms with van der Waals surface area (Å²) in [5.74, 6) is 1.19. The Balaban J connectivity index is 1.84. The Bertz CT molecular complexity index is 1200. The molecule has 0 saturated carbocycles. The molecule has 0 aliphatic rings. The Morgan fingerprint density at radius 3 is 2.39 bits per heavy atom. The Morgan fingerprint density at radius 2 is 1.71 bits per heavy atom. The van der Waals surface area contributed by atoms with Crippen molar-refractivity contribution in [3.05, 3.63) is 70.0 Å². The number of nitrogens with zero attached hydrogens (tertiary/aromatic N) is 1. The molecule has 2 N–H and O–H groups in total. The Morgan fingerprint density at radius 1 is 0.968 bits per heavy atom. The Labute approximate surface area is 181 Å². The number of ether oxygens (including phenoxy) is 2. The van der Waals surface area contributed by atoms with Crippen LogP contribution >= 0.6 is 0 Å². The molecule has 0 spiro atoms. The molecule has 8 nitrogen and oxygen atoms in total. The van der Waals surface area contributed by atoms with Crippen LogP contribution in [0, 0.1) is 6.92 Å². The van der Waals surface area contributed by atoms with Gasteiger partial charge in [0.1, 0.15) is 0 Å². The first kappa shape index (κ1) is 22.5. The van der Waals surface area contributed by atoms with Gasteiger partial charge in [-0.15, -0.1) is 0 Å². The number of aromatic nitrogens is 2. The molecule has 164 valence electrons. The topological polar surface area (TPSA) is 110 Å². The summed E-state index contributed by atoms with van der Waals surface area (Å²) in [6.07, 6.45) is 0. The first-order valence-corrected chi connectivity index (χ1v) is 11.4. The van der Waals surface area contributed by atoms with E-state index < -0.39 is 10.0 Å². The van der Waals surface area contributed by atoms with E-state index in [4.69, 9.17) is 9.47 Å². The molecule has 0 amide bonds. The van der Waals surface area contributed by atoms with Gasteiger partial charge in [-0.1, -0.05) is 18.2 Å². The van der Waals surface area contributed by atoms with Crippen LogP contribution in [0.25, 0.3) is 11.3 Å². The minimum Gasteiger partial charge on any atom is -0.490 e. The number of benzene rings is 2. The zero-order valence-electron chi connectivity index (χ0n) is 17.6. The van der Waals surface area contributed by atoms with Crippen LogP contribution in [0.4, 0.5) is 0 Å². The van der Waals surface area contributed by atoms with Gasteiger partial charge in [0.25, 0.3) is 5.56 Å². The molecule has 9 heteroatoms. The highest BCUT2D eigenvalue weighted by Gasteiger charge is 2.18. The highest BCUT2D eigenvalue weighted by molar-refractivity contribution is 7.89. The van der Waals surface area contributed by atoms with E-state index >= 15 is 0 Å². The van der Waals surface area contributed by atoms with Crippen molar-refractivity contribution in [1.82, 2.24) is 14.9 Å². The largest absolute Gasteiger partial charge is 0.490 e. The summed E-state index contributed by atoms with van der Waals surface area (Å²) in [5.41, 5.74) is 2.08. The van der Waals surface area contributed by atoms with E-state index in [0.717, 1.165) is 5.56 Å². The molecule has 0 radical (unpaired) electrons. The van der Waals surface area contributed by atoms with Crippen molar-refractivity contribution in [1.29, 1.82) is 0 Å². The van der Waals surface area contributed by atoms with Crippen LogP contribution in [-0.4, -0.2) is 31.8 Å². The van der Waals surface area contributed by atoms with Crippen LogP contribution in [-0.2, 0) is 16.6 Å². The molecular formula is C22H25N3O5S. The monoisotopic (exact) mass is 443 g/mol. The summed E-state index contributed by atoms with van der Waals surface area (Å²) in [4.78, 5) is 11.4. The van der Waals surface area contributed by atoms with E-state index in [0.29, 0.717) is 41.5 Å². The van der Waals surface area contributed by atoms with E-state index in [1.807, 2.05) is 13.8 Å².